The number of quaternary nitrogens is 2. The van der Waals surface area contributed by atoms with Crippen LogP contribution in [0.3, 0.4) is 0 Å². The van der Waals surface area contributed by atoms with Crippen molar-refractivity contribution in [3.8, 4) is 0 Å². The van der Waals surface area contributed by atoms with Crippen LogP contribution in [-0.4, -0.2) is 70.4 Å². The smallest absolute Gasteiger partial charge is 0.135 e. The van der Waals surface area contributed by atoms with Gasteiger partial charge in [0.05, 0.1) is 50.4 Å². The number of hydrogen-bond acceptors (Lipinski definition) is 4. The van der Waals surface area contributed by atoms with Crippen molar-refractivity contribution in [1.82, 2.24) is 9.97 Å². The fourth-order valence-corrected chi connectivity index (χ4v) is 12.8. The van der Waals surface area contributed by atoms with Crippen LogP contribution in [0.2, 0.25) is 0 Å². The van der Waals surface area contributed by atoms with Crippen molar-refractivity contribution in [2.24, 2.45) is 23.7 Å². The first-order valence-corrected chi connectivity index (χ1v) is 22.5. The van der Waals surface area contributed by atoms with Crippen molar-refractivity contribution in [2.45, 2.75) is 63.1 Å². The Morgan fingerprint density at radius 1 is 0.644 bits per heavy atom. The average Bonchev–Trinajstić information content (AvgIpc) is 3.26. The number of halogens is 1. The Hall–Kier alpha value is -4.24. The third-order valence-electron chi connectivity index (χ3n) is 14.8. The lowest BCUT2D eigenvalue weighted by atomic mass is 9.70. The average molecular weight is 852 g/mol. The van der Waals surface area contributed by atoms with Gasteiger partial charge in [-0.3, -0.25) is 9.97 Å². The van der Waals surface area contributed by atoms with E-state index in [9.17, 15) is 0 Å². The van der Waals surface area contributed by atoms with Crippen LogP contribution in [0.5, 0.6) is 0 Å². The van der Waals surface area contributed by atoms with Crippen LogP contribution in [0.4, 0.5) is 0 Å². The minimum atomic E-state index is -0.0811. The number of para-hydroxylation sites is 2. The van der Waals surface area contributed by atoms with Gasteiger partial charge in [-0.05, 0) is 65.4 Å². The molecule has 6 saturated heterocycles. The third kappa shape index (κ3) is 7.59. The Kier molecular flexibility index (Phi) is 11.6. The van der Waals surface area contributed by atoms with Gasteiger partial charge in [0.25, 0.3) is 0 Å². The summed E-state index contributed by atoms with van der Waals surface area (Å²) in [6, 6.07) is 29.3. The Bertz CT molecular complexity index is 2190. The van der Waals surface area contributed by atoms with Gasteiger partial charge >= 0.3 is 0 Å². The van der Waals surface area contributed by atoms with E-state index in [1.54, 1.807) is 0 Å². The second-order valence-electron chi connectivity index (χ2n) is 18.0. The van der Waals surface area contributed by atoms with Gasteiger partial charge in [0.2, 0.25) is 0 Å². The van der Waals surface area contributed by atoms with E-state index in [1.807, 2.05) is 24.5 Å². The molecule has 8 heterocycles. The number of rotatable bonds is 16. The number of pyridine rings is 2. The predicted molar refractivity (Wildman–Crippen MR) is 243 cm³/mol. The van der Waals surface area contributed by atoms with Crippen molar-refractivity contribution in [3.05, 3.63) is 169 Å². The van der Waals surface area contributed by atoms with Crippen LogP contribution in [0.1, 0.15) is 60.1 Å². The highest BCUT2D eigenvalue weighted by Gasteiger charge is 2.56. The summed E-state index contributed by atoms with van der Waals surface area (Å²) in [7, 11) is 0. The molecule has 6 fully saturated rings. The number of aromatic nitrogens is 2. The number of ether oxygens (including phenoxy) is 2. The molecule has 7 heteroatoms. The van der Waals surface area contributed by atoms with Gasteiger partial charge in [0.1, 0.15) is 37.4 Å². The van der Waals surface area contributed by atoms with Crippen LogP contribution in [0, 0.1) is 23.7 Å². The molecule has 6 aliphatic rings. The highest BCUT2D eigenvalue weighted by atomic mass is 79.9. The van der Waals surface area contributed by atoms with Gasteiger partial charge in [-0.25, -0.2) is 0 Å². The molecule has 0 amide bonds. The molecule has 0 aliphatic carbocycles. The van der Waals surface area contributed by atoms with Crippen molar-refractivity contribution < 1.29 is 18.4 Å². The summed E-state index contributed by atoms with van der Waals surface area (Å²) >= 11 is 4.05. The van der Waals surface area contributed by atoms with Gasteiger partial charge in [-0.15, -0.1) is 26.3 Å². The lowest BCUT2D eigenvalue weighted by Gasteiger charge is -2.59. The van der Waals surface area contributed by atoms with Crippen molar-refractivity contribution in [1.29, 1.82) is 0 Å². The van der Waals surface area contributed by atoms with Crippen molar-refractivity contribution >= 4 is 37.7 Å². The zero-order chi connectivity index (χ0) is 40.6. The van der Waals surface area contributed by atoms with E-state index < -0.39 is 0 Å². The van der Waals surface area contributed by atoms with Crippen molar-refractivity contribution in [3.63, 3.8) is 0 Å². The molecule has 2 aromatic heterocycles. The van der Waals surface area contributed by atoms with Gasteiger partial charge < -0.3 is 18.4 Å². The molecule has 304 valence electrons. The molecule has 0 unspecified atom stereocenters. The Morgan fingerprint density at radius 3 is 1.54 bits per heavy atom. The summed E-state index contributed by atoms with van der Waals surface area (Å²) in [6.07, 6.45) is 16.7. The highest BCUT2D eigenvalue weighted by molar-refractivity contribution is 9.10. The molecule has 6 aliphatic heterocycles. The molecule has 10 atom stereocenters. The predicted octanol–water partition coefficient (Wildman–Crippen LogP) is 11.3. The highest BCUT2D eigenvalue weighted by Crippen LogP contribution is 2.51. The number of nitrogens with zero attached hydrogens (tertiary/aromatic N) is 4. The molecular formula is C52H59BrN4O2+2. The molecule has 3 aromatic carbocycles. The van der Waals surface area contributed by atoms with Gasteiger partial charge in [-0.2, -0.15) is 0 Å². The van der Waals surface area contributed by atoms with Crippen LogP contribution >= 0.6 is 15.9 Å². The van der Waals surface area contributed by atoms with E-state index >= 15 is 0 Å². The lowest BCUT2D eigenvalue weighted by Crippen LogP contribution is -2.68. The number of fused-ring (bicyclic) bond motifs is 8. The maximum atomic E-state index is 6.91. The molecule has 4 bridgehead atoms. The maximum absolute atomic E-state index is 6.91. The minimum absolute atomic E-state index is 0.0811. The van der Waals surface area contributed by atoms with E-state index in [0.29, 0.717) is 36.9 Å². The van der Waals surface area contributed by atoms with E-state index in [4.69, 9.17) is 19.4 Å². The molecule has 0 saturated carbocycles. The standard InChI is InChI=1S/C52H59BrN4O2/c1-5-25-58-51(45-17-21-54-47-15-11-9-13-43(45)47)49-30-40-19-23-56(49,34-38(40)7-3)32-36-27-37(29-42(53)28-36)33-57-24-20-41(39(8-4)35-57)31-50(57)52(59-26-6-2)46-18-22-55-48-16-12-10-14-44(46)48/h5-18,21-22,27-29,38-41,49-52H,1-4,19-20,23-26,30-35H2/q+2/t38-,39-,40-,41-,49+,50+,51+,52+,56+,57+/m0/s1. The topological polar surface area (TPSA) is 44.2 Å². The van der Waals surface area contributed by atoms with Gasteiger partial charge in [-0.1, -0.05) is 76.6 Å². The monoisotopic (exact) mass is 850 g/mol. The zero-order valence-corrected chi connectivity index (χ0v) is 36.0. The second-order valence-corrected chi connectivity index (χ2v) is 18.9. The Morgan fingerprint density at radius 2 is 1.10 bits per heavy atom. The lowest BCUT2D eigenvalue weighted by molar-refractivity contribution is -0.985. The number of piperidine rings is 6. The van der Waals surface area contributed by atoms with E-state index in [2.05, 4.69) is 133 Å². The van der Waals surface area contributed by atoms with Crippen molar-refractivity contribution in [2.75, 3.05) is 39.4 Å². The summed E-state index contributed by atoms with van der Waals surface area (Å²) < 4.78 is 16.9. The number of hydrogen-bond donors (Lipinski definition) is 0. The molecule has 59 heavy (non-hydrogen) atoms. The van der Waals surface area contributed by atoms with Crippen LogP contribution in [-0.2, 0) is 22.6 Å². The minimum Gasteiger partial charge on any atom is -0.363 e. The molecule has 11 rings (SSSR count). The first kappa shape index (κ1) is 40.2. The summed E-state index contributed by atoms with van der Waals surface area (Å²) in [5.41, 5.74) is 7.26. The van der Waals surface area contributed by atoms with E-state index in [1.165, 1.54) is 45.9 Å². The summed E-state index contributed by atoms with van der Waals surface area (Å²) in [6.45, 7) is 24.2. The summed E-state index contributed by atoms with van der Waals surface area (Å²) in [4.78, 5) is 9.48. The Labute approximate surface area is 359 Å². The molecule has 5 aromatic rings. The molecular weight excluding hydrogens is 793 g/mol. The maximum Gasteiger partial charge on any atom is 0.135 e. The van der Waals surface area contributed by atoms with Crippen LogP contribution in [0.25, 0.3) is 21.8 Å². The van der Waals surface area contributed by atoms with E-state index in [-0.39, 0.29) is 24.3 Å². The van der Waals surface area contributed by atoms with Gasteiger partial charge in [0, 0.05) is 76.3 Å². The fourth-order valence-electron chi connectivity index (χ4n) is 12.2. The van der Waals surface area contributed by atoms with Gasteiger partial charge in [0.15, 0.2) is 0 Å². The third-order valence-corrected chi connectivity index (χ3v) is 15.3. The molecule has 6 nitrogen and oxygen atoms in total. The number of benzene rings is 3. The SMILES string of the molecule is C=CCO[C@H](c1ccnc2ccccc12)[C@H]1C[C@@H]2CC[N@@+]1(Cc1cc(Br)cc(C[N@@+]34CC[C@@H](C[C@@H]3[C@H](OCC=C)c3ccnc5ccccc35)[C@@H](C=C)C4)c1)C[C@@H]2C=C. The summed E-state index contributed by atoms with van der Waals surface area (Å²) in [5.74, 6) is 2.20. The van der Waals surface area contributed by atoms with Crippen LogP contribution in [0.15, 0.2) is 146 Å². The zero-order valence-electron chi connectivity index (χ0n) is 34.4. The van der Waals surface area contributed by atoms with Crippen LogP contribution < -0.4 is 0 Å². The normalized spacial score (nSPS) is 29.6. The molecule has 0 N–H and O–H groups in total. The molecule has 0 radical (unpaired) electrons. The first-order valence-electron chi connectivity index (χ1n) is 21.7. The summed E-state index contributed by atoms with van der Waals surface area (Å²) in [5, 5.41) is 2.35. The first-order chi connectivity index (χ1) is 28.9. The Balaban J connectivity index is 1.09. The quantitative estimate of drug-likeness (QED) is 0.0733. The largest absolute Gasteiger partial charge is 0.363 e. The van der Waals surface area contributed by atoms with E-state index in [0.717, 1.165) is 76.6 Å². The molecule has 0 spiro atoms. The second kappa shape index (κ2) is 17.0. The fraction of sp³-hybridized carbons (Fsp3) is 0.385.